The molecule has 2 aromatic carbocycles. The maximum absolute atomic E-state index is 12.3. The Morgan fingerprint density at radius 1 is 1.17 bits per heavy atom. The molecule has 0 saturated heterocycles. The molecule has 2 aromatic rings. The van der Waals surface area contributed by atoms with Gasteiger partial charge in [-0.3, -0.25) is 4.79 Å². The van der Waals surface area contributed by atoms with Crippen molar-refractivity contribution >= 4 is 41.2 Å². The molecule has 0 unspecified atom stereocenters. The Hall–Kier alpha value is -2.50. The zero-order valence-corrected chi connectivity index (χ0v) is 14.1. The maximum Gasteiger partial charge on any atom is 0.352 e. The van der Waals surface area contributed by atoms with Crippen LogP contribution in [0.5, 0.6) is 5.75 Å². The Labute approximate surface area is 148 Å². The lowest BCUT2D eigenvalue weighted by Crippen LogP contribution is -2.27. The molecule has 0 heterocycles. The monoisotopic (exact) mass is 365 g/mol. The molecule has 124 valence electrons. The highest BCUT2D eigenvalue weighted by atomic mass is 35.5. The molecule has 0 spiro atoms. The van der Waals surface area contributed by atoms with E-state index in [1.807, 2.05) is 0 Å². The van der Waals surface area contributed by atoms with E-state index >= 15 is 0 Å². The minimum absolute atomic E-state index is 0.119. The van der Waals surface area contributed by atoms with Crippen molar-refractivity contribution in [1.29, 1.82) is 0 Å². The van der Waals surface area contributed by atoms with Gasteiger partial charge in [0.05, 0.1) is 17.7 Å². The van der Waals surface area contributed by atoms with E-state index in [1.165, 1.54) is 31.4 Å². The van der Waals surface area contributed by atoms with Gasteiger partial charge in [-0.25, -0.2) is 4.79 Å². The number of benzene rings is 2. The van der Waals surface area contributed by atoms with Crippen LogP contribution < -0.4 is 10.1 Å². The number of methoxy groups -OCH3 is 1. The topological polar surface area (TPSA) is 75.6 Å². The van der Waals surface area contributed by atoms with Crippen molar-refractivity contribution in [3.8, 4) is 5.75 Å². The summed E-state index contributed by atoms with van der Waals surface area (Å²) < 4.78 is 5.16. The predicted octanol–water partition coefficient (Wildman–Crippen LogP) is 3.86. The molecule has 24 heavy (non-hydrogen) atoms. The van der Waals surface area contributed by atoms with Crippen molar-refractivity contribution in [2.24, 2.45) is 0 Å². The highest BCUT2D eigenvalue weighted by Crippen LogP contribution is 2.22. The first kappa shape index (κ1) is 17.8. The summed E-state index contributed by atoms with van der Waals surface area (Å²) in [5.41, 5.74) is 0.323. The Bertz CT molecular complexity index is 818. The summed E-state index contributed by atoms with van der Waals surface area (Å²) in [6, 6.07) is 11.2. The SMILES string of the molecule is COc1ccccc1C=C(NC(=O)c1ccc(Cl)cc1Cl)C(=O)O. The van der Waals surface area contributed by atoms with Crippen LogP contribution in [-0.2, 0) is 4.79 Å². The zero-order valence-electron chi connectivity index (χ0n) is 12.5. The number of carbonyl (C=O) groups excluding carboxylic acids is 1. The summed E-state index contributed by atoms with van der Waals surface area (Å²) in [5, 5.41) is 12.2. The summed E-state index contributed by atoms with van der Waals surface area (Å²) in [7, 11) is 1.47. The summed E-state index contributed by atoms with van der Waals surface area (Å²) in [5.74, 6) is -1.46. The van der Waals surface area contributed by atoms with E-state index in [4.69, 9.17) is 27.9 Å². The lowest BCUT2D eigenvalue weighted by molar-refractivity contribution is -0.132. The van der Waals surface area contributed by atoms with Crippen molar-refractivity contribution in [3.05, 3.63) is 69.3 Å². The van der Waals surface area contributed by atoms with E-state index in [9.17, 15) is 14.7 Å². The molecule has 0 aromatic heterocycles. The number of hydrogen-bond acceptors (Lipinski definition) is 3. The van der Waals surface area contributed by atoms with Crippen LogP contribution in [0.2, 0.25) is 10.0 Å². The number of para-hydroxylation sites is 1. The first-order chi connectivity index (χ1) is 11.4. The number of halogens is 2. The largest absolute Gasteiger partial charge is 0.496 e. The number of hydrogen-bond donors (Lipinski definition) is 2. The molecule has 0 aliphatic heterocycles. The number of nitrogens with one attached hydrogen (secondary N) is 1. The van der Waals surface area contributed by atoms with Gasteiger partial charge >= 0.3 is 5.97 Å². The van der Waals surface area contributed by atoms with Crippen LogP contribution in [0.1, 0.15) is 15.9 Å². The Morgan fingerprint density at radius 2 is 1.88 bits per heavy atom. The molecule has 0 aliphatic carbocycles. The summed E-state index contributed by atoms with van der Waals surface area (Å²) >= 11 is 11.7. The molecule has 0 saturated carbocycles. The van der Waals surface area contributed by atoms with Crippen LogP contribution in [0.25, 0.3) is 6.08 Å². The van der Waals surface area contributed by atoms with Gasteiger partial charge in [0.25, 0.3) is 5.91 Å². The van der Waals surface area contributed by atoms with Gasteiger partial charge in [0.1, 0.15) is 11.4 Å². The third-order valence-corrected chi connectivity index (χ3v) is 3.64. The number of carboxylic acid groups (broad SMARTS) is 1. The van der Waals surface area contributed by atoms with Gasteiger partial charge < -0.3 is 15.2 Å². The molecule has 2 rings (SSSR count). The molecular weight excluding hydrogens is 353 g/mol. The Balaban J connectivity index is 2.33. The van der Waals surface area contributed by atoms with Crippen LogP contribution >= 0.6 is 23.2 Å². The fourth-order valence-electron chi connectivity index (χ4n) is 1.96. The quantitative estimate of drug-likeness (QED) is 0.788. The van der Waals surface area contributed by atoms with Crippen molar-refractivity contribution < 1.29 is 19.4 Å². The van der Waals surface area contributed by atoms with Gasteiger partial charge in [-0.2, -0.15) is 0 Å². The highest BCUT2D eigenvalue weighted by molar-refractivity contribution is 6.36. The van der Waals surface area contributed by atoms with E-state index < -0.39 is 11.9 Å². The molecule has 0 bridgehead atoms. The Morgan fingerprint density at radius 3 is 2.50 bits per heavy atom. The van der Waals surface area contributed by atoms with E-state index in [-0.39, 0.29) is 16.3 Å². The van der Waals surface area contributed by atoms with Crippen molar-refractivity contribution in [3.63, 3.8) is 0 Å². The van der Waals surface area contributed by atoms with E-state index in [0.717, 1.165) is 0 Å². The minimum Gasteiger partial charge on any atom is -0.496 e. The smallest absolute Gasteiger partial charge is 0.352 e. The highest BCUT2D eigenvalue weighted by Gasteiger charge is 2.16. The van der Waals surface area contributed by atoms with Gasteiger partial charge in [0, 0.05) is 10.6 Å². The summed E-state index contributed by atoms with van der Waals surface area (Å²) in [6.45, 7) is 0. The Kier molecular flexibility index (Phi) is 5.84. The average molecular weight is 366 g/mol. The van der Waals surface area contributed by atoms with Crippen molar-refractivity contribution in [2.75, 3.05) is 7.11 Å². The van der Waals surface area contributed by atoms with Crippen molar-refractivity contribution in [2.45, 2.75) is 0 Å². The molecule has 0 radical (unpaired) electrons. The van der Waals surface area contributed by atoms with Gasteiger partial charge in [-0.15, -0.1) is 0 Å². The fourth-order valence-corrected chi connectivity index (χ4v) is 2.45. The van der Waals surface area contributed by atoms with Crippen LogP contribution in [-0.4, -0.2) is 24.1 Å². The standard InChI is InChI=1S/C17H13Cl2NO4/c1-24-15-5-3-2-4-10(15)8-14(17(22)23)20-16(21)12-7-6-11(18)9-13(12)19/h2-9H,1H3,(H,20,21)(H,22,23). The van der Waals surface area contributed by atoms with E-state index in [0.29, 0.717) is 16.3 Å². The number of carbonyl (C=O) groups is 2. The molecule has 0 aliphatic rings. The second-order valence-electron chi connectivity index (χ2n) is 4.68. The number of aliphatic carboxylic acids is 1. The number of rotatable bonds is 5. The fraction of sp³-hybridized carbons (Fsp3) is 0.0588. The number of amides is 1. The average Bonchev–Trinajstić information content (AvgIpc) is 2.54. The third-order valence-electron chi connectivity index (χ3n) is 3.09. The van der Waals surface area contributed by atoms with Gasteiger partial charge in [0.15, 0.2) is 0 Å². The molecular formula is C17H13Cl2NO4. The van der Waals surface area contributed by atoms with Gasteiger partial charge in [0.2, 0.25) is 0 Å². The minimum atomic E-state index is -1.29. The third kappa shape index (κ3) is 4.28. The summed E-state index contributed by atoms with van der Waals surface area (Å²) in [6.07, 6.45) is 1.31. The molecule has 0 fully saturated rings. The lowest BCUT2D eigenvalue weighted by Gasteiger charge is -2.09. The second kappa shape index (κ2) is 7.86. The second-order valence-corrected chi connectivity index (χ2v) is 5.53. The molecule has 7 heteroatoms. The predicted molar refractivity (Wildman–Crippen MR) is 92.5 cm³/mol. The normalized spacial score (nSPS) is 11.0. The molecule has 0 atom stereocenters. The first-order valence-corrected chi connectivity index (χ1v) is 7.52. The zero-order chi connectivity index (χ0) is 17.7. The van der Waals surface area contributed by atoms with E-state index in [2.05, 4.69) is 5.32 Å². The first-order valence-electron chi connectivity index (χ1n) is 6.76. The van der Waals surface area contributed by atoms with Gasteiger partial charge in [-0.05, 0) is 30.3 Å². The number of ether oxygens (including phenoxy) is 1. The van der Waals surface area contributed by atoms with Crippen molar-refractivity contribution in [1.82, 2.24) is 5.32 Å². The van der Waals surface area contributed by atoms with Crippen LogP contribution in [0.4, 0.5) is 0 Å². The molecule has 1 amide bonds. The number of carboxylic acids is 1. The van der Waals surface area contributed by atoms with Crippen LogP contribution in [0.15, 0.2) is 48.2 Å². The van der Waals surface area contributed by atoms with Gasteiger partial charge in [-0.1, -0.05) is 41.4 Å². The molecule has 5 nitrogen and oxygen atoms in total. The maximum atomic E-state index is 12.3. The molecule has 2 N–H and O–H groups in total. The van der Waals surface area contributed by atoms with Crippen LogP contribution in [0.3, 0.4) is 0 Å². The van der Waals surface area contributed by atoms with E-state index in [1.54, 1.807) is 24.3 Å². The summed E-state index contributed by atoms with van der Waals surface area (Å²) in [4.78, 5) is 23.7. The van der Waals surface area contributed by atoms with Crippen LogP contribution in [0, 0.1) is 0 Å². The lowest BCUT2D eigenvalue weighted by atomic mass is 10.1.